The summed E-state index contributed by atoms with van der Waals surface area (Å²) in [5.41, 5.74) is 17.2. The van der Waals surface area contributed by atoms with Crippen molar-refractivity contribution >= 4 is 23.5 Å². The predicted molar refractivity (Wildman–Crippen MR) is 165 cm³/mol. The Bertz CT molecular complexity index is 1230. The second-order valence-corrected chi connectivity index (χ2v) is 12.4. The van der Waals surface area contributed by atoms with Crippen molar-refractivity contribution in [2.75, 3.05) is 26.3 Å². The molecule has 0 amide bonds. The third-order valence-electron chi connectivity index (χ3n) is 6.86. The molecule has 0 radical (unpaired) electrons. The van der Waals surface area contributed by atoms with Gasteiger partial charge in [0.05, 0.1) is 13.2 Å². The first-order valence-corrected chi connectivity index (χ1v) is 15.3. The quantitative estimate of drug-likeness (QED) is 0.143. The van der Waals surface area contributed by atoms with E-state index in [9.17, 15) is 0 Å². The summed E-state index contributed by atoms with van der Waals surface area (Å²) in [6.07, 6.45) is 2.70. The Morgan fingerprint density at radius 1 is 0.590 bits per heavy atom. The van der Waals surface area contributed by atoms with E-state index >= 15 is 0 Å². The van der Waals surface area contributed by atoms with Crippen LogP contribution in [0.25, 0.3) is 11.1 Å². The van der Waals surface area contributed by atoms with Crippen molar-refractivity contribution in [1.29, 1.82) is 0 Å². The lowest BCUT2D eigenvalue weighted by Crippen LogP contribution is -2.19. The Hall–Kier alpha value is -2.90. The third kappa shape index (κ3) is 7.61. The fourth-order valence-electron chi connectivity index (χ4n) is 4.79. The van der Waals surface area contributed by atoms with E-state index in [1.165, 1.54) is 32.0 Å². The molecule has 0 fully saturated rings. The van der Waals surface area contributed by atoms with Crippen molar-refractivity contribution in [3.8, 4) is 22.6 Å². The fraction of sp³-hybridized carbons (Fsp3) is 0.273. The topological polar surface area (TPSA) is 70.5 Å². The van der Waals surface area contributed by atoms with Crippen molar-refractivity contribution in [1.82, 2.24) is 0 Å². The van der Waals surface area contributed by atoms with Gasteiger partial charge >= 0.3 is 0 Å². The molecule has 4 nitrogen and oxygen atoms in total. The summed E-state index contributed by atoms with van der Waals surface area (Å²) >= 11 is 3.64. The molecule has 1 aliphatic carbocycles. The van der Waals surface area contributed by atoms with Gasteiger partial charge in [-0.1, -0.05) is 48.5 Å². The summed E-state index contributed by atoms with van der Waals surface area (Å²) in [5.74, 6) is 1.84. The Morgan fingerprint density at radius 3 is 1.44 bits per heavy atom. The fourth-order valence-corrected chi connectivity index (χ4v) is 6.81. The summed E-state index contributed by atoms with van der Waals surface area (Å²) in [5, 5.41) is 0.670. The van der Waals surface area contributed by atoms with Crippen molar-refractivity contribution in [3.63, 3.8) is 0 Å². The average Bonchev–Trinajstić information content (AvgIpc) is 3.34. The maximum atomic E-state index is 6.15. The van der Waals surface area contributed by atoms with Crippen LogP contribution in [-0.4, -0.2) is 36.8 Å². The van der Waals surface area contributed by atoms with Crippen molar-refractivity contribution < 1.29 is 9.47 Å². The van der Waals surface area contributed by atoms with Gasteiger partial charge in [0.15, 0.2) is 0 Å². The van der Waals surface area contributed by atoms with E-state index < -0.39 is 0 Å². The number of hydrogen-bond acceptors (Lipinski definition) is 6. The first-order valence-electron chi connectivity index (χ1n) is 13.6. The molecule has 202 valence electrons. The zero-order chi connectivity index (χ0) is 26.9. The summed E-state index contributed by atoms with van der Waals surface area (Å²) in [6, 6.07) is 33.7. The molecule has 0 saturated carbocycles. The lowest BCUT2D eigenvalue weighted by atomic mass is 10.1. The average molecular weight is 557 g/mol. The molecule has 5 rings (SSSR count). The van der Waals surface area contributed by atoms with Crippen LogP contribution in [0.15, 0.2) is 107 Å². The number of hydrogen-bond donors (Lipinski definition) is 2. The van der Waals surface area contributed by atoms with E-state index in [4.69, 9.17) is 20.9 Å². The number of benzene rings is 4. The van der Waals surface area contributed by atoms with Crippen molar-refractivity contribution in [3.05, 3.63) is 108 Å². The Balaban J connectivity index is 1.11. The van der Waals surface area contributed by atoms with E-state index in [0.717, 1.165) is 30.8 Å². The van der Waals surface area contributed by atoms with Crippen LogP contribution < -0.4 is 20.9 Å². The van der Waals surface area contributed by atoms with Crippen LogP contribution in [0.1, 0.15) is 24.0 Å². The molecular formula is C33H36N2O2S2. The summed E-state index contributed by atoms with van der Waals surface area (Å²) < 4.78 is 12.3. The number of ether oxygens (including phenoxy) is 2. The van der Waals surface area contributed by atoms with Crippen LogP contribution in [0.2, 0.25) is 0 Å². The standard InChI is InChI=1S/C33H36N2O2S2/c34-22-30(38-28-7-3-1-4-8-28)15-17-36-26-11-13-32-24(20-26)19-25-21-27(12-14-33(25)32)37-18-16-31(23-35)39-29-9-5-2-6-10-29/h1-14,20-21,30-31H,15-19,22-23,34-35H2. The van der Waals surface area contributed by atoms with E-state index in [1.54, 1.807) is 0 Å². The SMILES string of the molecule is NCC(CCOc1ccc2c(c1)Cc1cc(OCCC(CN)Sc3ccccc3)ccc1-2)Sc1ccccc1. The molecule has 0 aromatic heterocycles. The van der Waals surface area contributed by atoms with E-state index in [2.05, 4.69) is 84.9 Å². The second-order valence-electron chi connectivity index (χ2n) is 9.67. The molecule has 4 N–H and O–H groups in total. The highest BCUT2D eigenvalue weighted by molar-refractivity contribution is 8.00. The van der Waals surface area contributed by atoms with Gasteiger partial charge in [0.25, 0.3) is 0 Å². The van der Waals surface area contributed by atoms with E-state index in [-0.39, 0.29) is 0 Å². The van der Waals surface area contributed by atoms with Crippen LogP contribution in [0, 0.1) is 0 Å². The third-order valence-corrected chi connectivity index (χ3v) is 9.47. The molecule has 0 heterocycles. The first-order chi connectivity index (χ1) is 19.2. The number of rotatable bonds is 14. The summed E-state index contributed by atoms with van der Waals surface area (Å²) in [7, 11) is 0. The minimum atomic E-state index is 0.335. The maximum absolute atomic E-state index is 6.15. The Labute approximate surface area is 240 Å². The number of nitrogens with two attached hydrogens (primary N) is 2. The van der Waals surface area contributed by atoms with Crippen molar-refractivity contribution in [2.24, 2.45) is 11.5 Å². The van der Waals surface area contributed by atoms with Gasteiger partial charge in [-0.05, 0) is 90.0 Å². The lowest BCUT2D eigenvalue weighted by Gasteiger charge is -2.15. The van der Waals surface area contributed by atoms with Gasteiger partial charge in [-0.15, -0.1) is 23.5 Å². The molecule has 0 spiro atoms. The smallest absolute Gasteiger partial charge is 0.119 e. The highest BCUT2D eigenvalue weighted by atomic mass is 32.2. The molecule has 0 aliphatic heterocycles. The van der Waals surface area contributed by atoms with Gasteiger partial charge in [0, 0.05) is 33.4 Å². The van der Waals surface area contributed by atoms with Gasteiger partial charge < -0.3 is 20.9 Å². The molecule has 2 unspecified atom stereocenters. The molecule has 6 heteroatoms. The van der Waals surface area contributed by atoms with Crippen LogP contribution in [0.4, 0.5) is 0 Å². The molecule has 0 saturated heterocycles. The van der Waals surface area contributed by atoms with Gasteiger partial charge in [0.2, 0.25) is 0 Å². The second kappa shape index (κ2) is 13.9. The van der Waals surface area contributed by atoms with Crippen LogP contribution in [0.3, 0.4) is 0 Å². The van der Waals surface area contributed by atoms with E-state index in [1.807, 2.05) is 35.7 Å². The zero-order valence-corrected chi connectivity index (χ0v) is 23.8. The zero-order valence-electron chi connectivity index (χ0n) is 22.1. The maximum Gasteiger partial charge on any atom is 0.119 e. The summed E-state index contributed by atoms with van der Waals surface area (Å²) in [6.45, 7) is 2.56. The monoisotopic (exact) mass is 556 g/mol. The number of fused-ring (bicyclic) bond motifs is 3. The Kier molecular flexibility index (Phi) is 9.89. The van der Waals surface area contributed by atoms with E-state index in [0.29, 0.717) is 36.8 Å². The number of thioether (sulfide) groups is 2. The normalized spacial score (nSPS) is 13.4. The summed E-state index contributed by atoms with van der Waals surface area (Å²) in [4.78, 5) is 2.49. The molecule has 2 atom stereocenters. The first kappa shape index (κ1) is 27.7. The highest BCUT2D eigenvalue weighted by Crippen LogP contribution is 2.40. The molecule has 4 aromatic rings. The van der Waals surface area contributed by atoms with Crippen LogP contribution >= 0.6 is 23.5 Å². The van der Waals surface area contributed by atoms with Gasteiger partial charge in [-0.25, -0.2) is 0 Å². The van der Waals surface area contributed by atoms with Gasteiger partial charge in [0.1, 0.15) is 11.5 Å². The van der Waals surface area contributed by atoms with Crippen LogP contribution in [0.5, 0.6) is 11.5 Å². The van der Waals surface area contributed by atoms with Crippen LogP contribution in [-0.2, 0) is 6.42 Å². The molecule has 0 bridgehead atoms. The minimum Gasteiger partial charge on any atom is -0.494 e. The Morgan fingerprint density at radius 2 is 1.03 bits per heavy atom. The molecule has 39 heavy (non-hydrogen) atoms. The molecular weight excluding hydrogens is 521 g/mol. The largest absolute Gasteiger partial charge is 0.494 e. The van der Waals surface area contributed by atoms with Gasteiger partial charge in [-0.2, -0.15) is 0 Å². The highest BCUT2D eigenvalue weighted by Gasteiger charge is 2.20. The minimum absolute atomic E-state index is 0.335. The van der Waals surface area contributed by atoms with Crippen molar-refractivity contribution in [2.45, 2.75) is 39.6 Å². The van der Waals surface area contributed by atoms with Gasteiger partial charge in [-0.3, -0.25) is 0 Å². The lowest BCUT2D eigenvalue weighted by molar-refractivity contribution is 0.309. The molecule has 1 aliphatic rings. The molecule has 4 aromatic carbocycles. The predicted octanol–water partition coefficient (Wildman–Crippen LogP) is 7.03.